The number of oxazole rings is 1. The first-order valence-electron chi connectivity index (χ1n) is 4.97. The van der Waals surface area contributed by atoms with Gasteiger partial charge in [-0.1, -0.05) is 24.3 Å². The minimum absolute atomic E-state index is 0.103. The first-order chi connectivity index (χ1) is 7.20. The van der Waals surface area contributed by atoms with Crippen molar-refractivity contribution in [1.29, 1.82) is 0 Å². The molecule has 0 spiro atoms. The molecule has 0 amide bonds. The Bertz CT molecular complexity index is 582. The summed E-state index contributed by atoms with van der Waals surface area (Å²) in [6, 6.07) is 0.103. The Kier molecular flexibility index (Phi) is 2.46. The maximum Gasteiger partial charge on any atom is 0.420 e. The van der Waals surface area contributed by atoms with E-state index in [1.807, 2.05) is 44.2 Å². The van der Waals surface area contributed by atoms with Crippen molar-refractivity contribution in [3.63, 3.8) is 0 Å². The van der Waals surface area contributed by atoms with Gasteiger partial charge in [-0.05, 0) is 26.0 Å². The van der Waals surface area contributed by atoms with E-state index in [1.54, 1.807) is 10.6 Å². The highest BCUT2D eigenvalue weighted by molar-refractivity contribution is 5.44. The van der Waals surface area contributed by atoms with Crippen LogP contribution in [0.5, 0.6) is 0 Å². The van der Waals surface area contributed by atoms with Gasteiger partial charge in [-0.3, -0.25) is 4.57 Å². The molecule has 0 aliphatic heterocycles. The number of fused-ring (bicyclic) bond motifs is 1. The zero-order valence-corrected chi connectivity index (χ0v) is 8.81. The van der Waals surface area contributed by atoms with Crippen molar-refractivity contribution in [1.82, 2.24) is 4.57 Å². The monoisotopic (exact) mass is 203 g/mol. The molecule has 0 unspecified atom stereocenters. The van der Waals surface area contributed by atoms with Gasteiger partial charge in [-0.15, -0.1) is 0 Å². The van der Waals surface area contributed by atoms with E-state index in [2.05, 4.69) is 0 Å². The number of rotatable bonds is 1. The molecule has 1 aliphatic rings. The maximum atomic E-state index is 11.6. The van der Waals surface area contributed by atoms with Crippen LogP contribution >= 0.6 is 0 Å². The third-order valence-electron chi connectivity index (χ3n) is 2.26. The Morgan fingerprint density at radius 3 is 2.47 bits per heavy atom. The SMILES string of the molecule is CC(C)n1c(=O)oc2/c1=C\C=C/C=C\C=2. The average Bonchev–Trinajstić information content (AvgIpc) is 2.42. The van der Waals surface area contributed by atoms with Crippen molar-refractivity contribution in [3.8, 4) is 0 Å². The van der Waals surface area contributed by atoms with E-state index in [1.165, 1.54) is 0 Å². The lowest BCUT2D eigenvalue weighted by Crippen LogP contribution is -2.33. The second-order valence-electron chi connectivity index (χ2n) is 3.68. The largest absolute Gasteiger partial charge is 0.420 e. The normalized spacial score (nSPS) is 22.9. The highest BCUT2D eigenvalue weighted by atomic mass is 16.4. The van der Waals surface area contributed by atoms with Crippen molar-refractivity contribution in [2.24, 2.45) is 0 Å². The molecule has 15 heavy (non-hydrogen) atoms. The van der Waals surface area contributed by atoms with Gasteiger partial charge in [0.05, 0.1) is 5.35 Å². The van der Waals surface area contributed by atoms with E-state index in [0.717, 1.165) is 5.35 Å². The summed E-state index contributed by atoms with van der Waals surface area (Å²) in [5.74, 6) is -0.300. The van der Waals surface area contributed by atoms with E-state index in [-0.39, 0.29) is 11.8 Å². The lowest BCUT2D eigenvalue weighted by atomic mass is 10.3. The van der Waals surface area contributed by atoms with Gasteiger partial charge in [-0.2, -0.15) is 0 Å². The highest BCUT2D eigenvalue weighted by Gasteiger charge is 2.07. The Hall–Kier alpha value is -1.77. The van der Waals surface area contributed by atoms with Crippen LogP contribution in [0.2, 0.25) is 0 Å². The molecule has 0 saturated heterocycles. The average molecular weight is 203 g/mol. The fraction of sp³-hybridized carbons (Fsp3) is 0.250. The second-order valence-corrected chi connectivity index (χ2v) is 3.68. The van der Waals surface area contributed by atoms with Crippen LogP contribution in [0.4, 0.5) is 0 Å². The Morgan fingerprint density at radius 1 is 1.13 bits per heavy atom. The zero-order chi connectivity index (χ0) is 10.8. The molecule has 1 aromatic rings. The van der Waals surface area contributed by atoms with Gasteiger partial charge in [0, 0.05) is 6.04 Å². The standard InChI is InChI=1S/C12H13NO2/c1-9(2)13-10-7-5-3-4-6-8-11(10)15-12(13)14/h3-9H,1-2H3/b4-3?,5-3-,6-4-,7-5?,8-6?,10-7+,11-8+. The molecule has 0 fully saturated rings. The number of nitrogens with zero attached hydrogens (tertiary/aromatic N) is 1. The summed E-state index contributed by atoms with van der Waals surface area (Å²) < 4.78 is 6.82. The first kappa shape index (κ1) is 9.77. The molecule has 0 aromatic carbocycles. The Labute approximate surface area is 87.3 Å². The lowest BCUT2D eigenvalue weighted by Gasteiger charge is -2.02. The molecule has 1 heterocycles. The van der Waals surface area contributed by atoms with E-state index >= 15 is 0 Å². The Morgan fingerprint density at radius 2 is 1.80 bits per heavy atom. The third kappa shape index (κ3) is 1.73. The molecule has 0 saturated carbocycles. The third-order valence-corrected chi connectivity index (χ3v) is 2.26. The van der Waals surface area contributed by atoms with Crippen molar-refractivity contribution < 1.29 is 4.42 Å². The maximum absolute atomic E-state index is 11.6. The summed E-state index contributed by atoms with van der Waals surface area (Å²) in [6.07, 6.45) is 11.3. The number of allylic oxidation sites excluding steroid dienone is 4. The molecular formula is C12H13NO2. The van der Waals surface area contributed by atoms with Crippen molar-refractivity contribution >= 4 is 12.2 Å². The molecule has 3 nitrogen and oxygen atoms in total. The van der Waals surface area contributed by atoms with Crippen LogP contribution in [0.25, 0.3) is 12.2 Å². The first-order valence-corrected chi connectivity index (χ1v) is 4.97. The van der Waals surface area contributed by atoms with Crippen molar-refractivity contribution in [2.75, 3.05) is 0 Å². The van der Waals surface area contributed by atoms with Crippen molar-refractivity contribution in [2.45, 2.75) is 19.9 Å². The van der Waals surface area contributed by atoms with E-state index < -0.39 is 0 Å². The van der Waals surface area contributed by atoms with Gasteiger partial charge in [0.25, 0.3) is 0 Å². The smallest absolute Gasteiger partial charge is 0.408 e. The summed E-state index contributed by atoms with van der Waals surface area (Å²) in [5.41, 5.74) is 0.620. The molecule has 0 radical (unpaired) electrons. The molecule has 3 heteroatoms. The van der Waals surface area contributed by atoms with Gasteiger partial charge in [0.2, 0.25) is 0 Å². The quantitative estimate of drug-likeness (QED) is 0.673. The van der Waals surface area contributed by atoms with Gasteiger partial charge in [0.15, 0.2) is 5.42 Å². The van der Waals surface area contributed by atoms with Crippen LogP contribution in [0.1, 0.15) is 19.9 Å². The lowest BCUT2D eigenvalue weighted by molar-refractivity contribution is 0.440. The predicted octanol–water partition coefficient (Wildman–Crippen LogP) is 0.709. The summed E-state index contributed by atoms with van der Waals surface area (Å²) in [5, 5.41) is 0.829. The van der Waals surface area contributed by atoms with Crippen molar-refractivity contribution in [3.05, 3.63) is 45.6 Å². The molecule has 0 atom stereocenters. The minimum Gasteiger partial charge on any atom is -0.408 e. The van der Waals surface area contributed by atoms with Crippen LogP contribution in [-0.4, -0.2) is 4.57 Å². The minimum atomic E-state index is -0.300. The van der Waals surface area contributed by atoms with Gasteiger partial charge >= 0.3 is 5.76 Å². The summed E-state index contributed by atoms with van der Waals surface area (Å²) >= 11 is 0. The molecule has 0 N–H and O–H groups in total. The molecule has 0 bridgehead atoms. The molecule has 1 aliphatic carbocycles. The number of aromatic nitrogens is 1. The van der Waals surface area contributed by atoms with E-state index in [4.69, 9.17) is 4.42 Å². The molecular weight excluding hydrogens is 190 g/mol. The number of hydrogen-bond donors (Lipinski definition) is 0. The zero-order valence-electron chi connectivity index (χ0n) is 8.81. The van der Waals surface area contributed by atoms with E-state index in [9.17, 15) is 4.79 Å². The van der Waals surface area contributed by atoms with Crippen LogP contribution in [0, 0.1) is 0 Å². The van der Waals surface area contributed by atoms with Gasteiger partial charge in [0.1, 0.15) is 0 Å². The van der Waals surface area contributed by atoms with Crippen LogP contribution in [0.15, 0.2) is 33.5 Å². The highest BCUT2D eigenvalue weighted by Crippen LogP contribution is 1.94. The fourth-order valence-electron chi connectivity index (χ4n) is 1.60. The summed E-state index contributed by atoms with van der Waals surface area (Å²) in [6.45, 7) is 3.92. The van der Waals surface area contributed by atoms with E-state index in [0.29, 0.717) is 5.42 Å². The summed E-state index contributed by atoms with van der Waals surface area (Å²) in [4.78, 5) is 11.6. The van der Waals surface area contributed by atoms with Crippen LogP contribution in [-0.2, 0) is 0 Å². The van der Waals surface area contributed by atoms with Gasteiger partial charge < -0.3 is 4.42 Å². The molecule has 1 aromatic heterocycles. The Balaban J connectivity index is 2.87. The second kappa shape index (κ2) is 3.77. The van der Waals surface area contributed by atoms with Crippen LogP contribution in [0.3, 0.4) is 0 Å². The molecule has 2 rings (SSSR count). The predicted molar refractivity (Wildman–Crippen MR) is 59.8 cm³/mol. The topological polar surface area (TPSA) is 35.1 Å². The fourth-order valence-corrected chi connectivity index (χ4v) is 1.60. The number of hydrogen-bond acceptors (Lipinski definition) is 2. The van der Waals surface area contributed by atoms with Gasteiger partial charge in [-0.25, -0.2) is 4.79 Å². The van der Waals surface area contributed by atoms with Crippen LogP contribution < -0.4 is 16.5 Å². The summed E-state index contributed by atoms with van der Waals surface area (Å²) in [7, 11) is 0. The molecule has 78 valence electrons.